The lowest BCUT2D eigenvalue weighted by Crippen LogP contribution is -2.57. The van der Waals surface area contributed by atoms with E-state index < -0.39 is 0 Å². The number of carbonyl (C=O) groups is 2. The molecule has 4 heterocycles. The monoisotopic (exact) mass is 356 g/mol. The van der Waals surface area contributed by atoms with E-state index >= 15 is 0 Å². The smallest absolute Gasteiger partial charge is 0.259 e. The van der Waals surface area contributed by atoms with Gasteiger partial charge in [0.05, 0.1) is 6.20 Å². The molecule has 2 amide bonds. The summed E-state index contributed by atoms with van der Waals surface area (Å²) >= 11 is 0. The second kappa shape index (κ2) is 7.03. The first kappa shape index (κ1) is 17.0. The van der Waals surface area contributed by atoms with Gasteiger partial charge in [-0.2, -0.15) is 5.10 Å². The zero-order chi connectivity index (χ0) is 18.1. The molecule has 0 bridgehead atoms. The van der Waals surface area contributed by atoms with Crippen molar-refractivity contribution in [2.24, 2.45) is 11.7 Å². The van der Waals surface area contributed by atoms with E-state index in [1.807, 2.05) is 9.80 Å². The molecular weight excluding hydrogens is 332 g/mol. The predicted molar refractivity (Wildman–Crippen MR) is 95.4 cm³/mol. The van der Waals surface area contributed by atoms with Crippen LogP contribution in [0, 0.1) is 5.92 Å². The minimum atomic E-state index is -0.0254. The predicted octanol–water partition coefficient (Wildman–Crippen LogP) is 0.531. The van der Waals surface area contributed by atoms with Crippen LogP contribution in [0.15, 0.2) is 24.7 Å². The molecule has 2 aromatic rings. The molecule has 2 saturated heterocycles. The van der Waals surface area contributed by atoms with Crippen molar-refractivity contribution in [2.75, 3.05) is 26.2 Å². The summed E-state index contributed by atoms with van der Waals surface area (Å²) < 4.78 is 1.62. The Labute approximate surface area is 152 Å². The van der Waals surface area contributed by atoms with Gasteiger partial charge in [-0.15, -0.1) is 0 Å². The molecule has 2 N–H and O–H groups in total. The van der Waals surface area contributed by atoms with Gasteiger partial charge in [-0.05, 0) is 37.8 Å². The van der Waals surface area contributed by atoms with Gasteiger partial charge >= 0.3 is 0 Å². The van der Waals surface area contributed by atoms with Crippen LogP contribution < -0.4 is 5.73 Å². The van der Waals surface area contributed by atoms with Gasteiger partial charge < -0.3 is 15.5 Å². The fourth-order valence-electron chi connectivity index (χ4n) is 4.24. The highest BCUT2D eigenvalue weighted by molar-refractivity contribution is 5.99. The number of rotatable bonds is 4. The van der Waals surface area contributed by atoms with Crippen LogP contribution in [0.2, 0.25) is 0 Å². The summed E-state index contributed by atoms with van der Waals surface area (Å²) in [5.74, 6) is 0.534. The second-order valence-electron chi connectivity index (χ2n) is 7.08. The van der Waals surface area contributed by atoms with Gasteiger partial charge in [0.25, 0.3) is 5.91 Å². The number of hydrogen-bond acceptors (Lipinski definition) is 5. The van der Waals surface area contributed by atoms with Crippen molar-refractivity contribution in [1.82, 2.24) is 24.4 Å². The van der Waals surface area contributed by atoms with Gasteiger partial charge in [0.1, 0.15) is 5.56 Å². The number of hydrogen-bond donors (Lipinski definition) is 1. The fraction of sp³-hybridized carbons (Fsp3) is 0.556. The van der Waals surface area contributed by atoms with Crippen LogP contribution in [0.25, 0.3) is 5.65 Å². The highest BCUT2D eigenvalue weighted by atomic mass is 16.2. The number of aromatic nitrogens is 3. The number of fused-ring (bicyclic) bond motifs is 2. The number of carbonyl (C=O) groups excluding carboxylic acids is 2. The highest BCUT2D eigenvalue weighted by Gasteiger charge is 2.40. The van der Waals surface area contributed by atoms with E-state index in [9.17, 15) is 9.59 Å². The lowest BCUT2D eigenvalue weighted by molar-refractivity contribution is -0.140. The van der Waals surface area contributed by atoms with Crippen LogP contribution in [0.3, 0.4) is 0 Å². The number of likely N-dealkylation sites (tertiary alicyclic amines) is 2. The molecule has 0 radical (unpaired) electrons. The molecule has 2 aliphatic rings. The molecular formula is C18H24N6O2. The minimum absolute atomic E-state index is 0.0254. The Morgan fingerprint density at radius 3 is 3.08 bits per heavy atom. The van der Waals surface area contributed by atoms with E-state index in [-0.39, 0.29) is 17.9 Å². The number of nitrogens with zero attached hydrogens (tertiary/aromatic N) is 5. The summed E-state index contributed by atoms with van der Waals surface area (Å²) in [5.41, 5.74) is 6.74. The van der Waals surface area contributed by atoms with Crippen molar-refractivity contribution in [3.63, 3.8) is 0 Å². The molecule has 4 rings (SSSR count). The quantitative estimate of drug-likeness (QED) is 0.862. The minimum Gasteiger partial charge on any atom is -0.339 e. The van der Waals surface area contributed by atoms with Crippen molar-refractivity contribution in [3.8, 4) is 0 Å². The molecule has 2 aliphatic heterocycles. The van der Waals surface area contributed by atoms with E-state index in [0.29, 0.717) is 43.2 Å². The van der Waals surface area contributed by atoms with Crippen molar-refractivity contribution in [1.29, 1.82) is 0 Å². The maximum Gasteiger partial charge on any atom is 0.259 e. The largest absolute Gasteiger partial charge is 0.339 e. The summed E-state index contributed by atoms with van der Waals surface area (Å²) in [7, 11) is 0. The lowest BCUT2D eigenvalue weighted by Gasteiger charge is -2.47. The Morgan fingerprint density at radius 2 is 2.23 bits per heavy atom. The van der Waals surface area contributed by atoms with E-state index in [1.165, 1.54) is 0 Å². The van der Waals surface area contributed by atoms with Gasteiger partial charge in [-0.25, -0.2) is 9.50 Å². The summed E-state index contributed by atoms with van der Waals surface area (Å²) in [6, 6.07) is 2.02. The number of amides is 2. The molecule has 0 aromatic carbocycles. The van der Waals surface area contributed by atoms with Crippen molar-refractivity contribution >= 4 is 17.5 Å². The Balaban J connectivity index is 1.49. The van der Waals surface area contributed by atoms with Crippen molar-refractivity contribution in [2.45, 2.75) is 31.7 Å². The maximum absolute atomic E-state index is 13.0. The third-order valence-corrected chi connectivity index (χ3v) is 5.54. The third-order valence-electron chi connectivity index (χ3n) is 5.54. The molecule has 2 atom stereocenters. The van der Waals surface area contributed by atoms with Gasteiger partial charge in [0.15, 0.2) is 5.65 Å². The van der Waals surface area contributed by atoms with Crippen molar-refractivity contribution in [3.05, 3.63) is 30.2 Å². The Morgan fingerprint density at radius 1 is 1.35 bits per heavy atom. The third kappa shape index (κ3) is 2.94. The first-order valence-electron chi connectivity index (χ1n) is 9.26. The van der Waals surface area contributed by atoms with Crippen molar-refractivity contribution < 1.29 is 9.59 Å². The Kier molecular flexibility index (Phi) is 4.58. The topological polar surface area (TPSA) is 96.8 Å². The molecule has 0 aliphatic carbocycles. The van der Waals surface area contributed by atoms with Crippen LogP contribution in [0.4, 0.5) is 0 Å². The molecule has 8 heteroatoms. The zero-order valence-corrected chi connectivity index (χ0v) is 14.8. The molecule has 0 spiro atoms. The van der Waals surface area contributed by atoms with Gasteiger partial charge in [0.2, 0.25) is 5.91 Å². The Hall–Kier alpha value is -2.48. The van der Waals surface area contributed by atoms with E-state index in [1.54, 1.807) is 29.2 Å². The number of piperidine rings is 2. The first-order valence-corrected chi connectivity index (χ1v) is 9.26. The molecule has 2 fully saturated rings. The van der Waals surface area contributed by atoms with Crippen LogP contribution in [-0.4, -0.2) is 68.4 Å². The number of nitrogens with two attached hydrogens (primary N) is 1. The lowest BCUT2D eigenvalue weighted by atomic mass is 9.83. The standard InChI is InChI=1S/C18H24N6O2/c19-6-1-8-23-15-5-10-22(12-13(15)3-4-16(23)25)18(26)14-11-21-24-9-2-7-20-17(14)24/h2,7,9,11,13,15H,1,3-6,8,10,12,19H2/t13-,15+/m0/s1. The van der Waals surface area contributed by atoms with E-state index in [4.69, 9.17) is 5.73 Å². The highest BCUT2D eigenvalue weighted by Crippen LogP contribution is 2.32. The van der Waals surface area contributed by atoms with E-state index in [2.05, 4.69) is 10.1 Å². The van der Waals surface area contributed by atoms with Gasteiger partial charge in [-0.1, -0.05) is 0 Å². The van der Waals surface area contributed by atoms with Crippen LogP contribution >= 0.6 is 0 Å². The van der Waals surface area contributed by atoms with E-state index in [0.717, 1.165) is 25.8 Å². The average Bonchev–Trinajstić information content (AvgIpc) is 3.10. The summed E-state index contributed by atoms with van der Waals surface area (Å²) in [5, 5.41) is 4.21. The molecule has 0 saturated carbocycles. The van der Waals surface area contributed by atoms with Crippen LogP contribution in [-0.2, 0) is 4.79 Å². The van der Waals surface area contributed by atoms with Gasteiger partial charge in [-0.3, -0.25) is 9.59 Å². The molecule has 2 aromatic heterocycles. The van der Waals surface area contributed by atoms with Crippen LogP contribution in [0.5, 0.6) is 0 Å². The summed E-state index contributed by atoms with van der Waals surface area (Å²) in [6.45, 7) is 2.65. The van der Waals surface area contributed by atoms with Crippen LogP contribution in [0.1, 0.15) is 36.0 Å². The normalized spacial score (nSPS) is 23.3. The summed E-state index contributed by atoms with van der Waals surface area (Å²) in [6.07, 6.45) is 8.10. The Bertz CT molecular complexity index is 819. The summed E-state index contributed by atoms with van der Waals surface area (Å²) in [4.78, 5) is 33.5. The maximum atomic E-state index is 13.0. The fourth-order valence-corrected chi connectivity index (χ4v) is 4.24. The molecule has 26 heavy (non-hydrogen) atoms. The van der Waals surface area contributed by atoms with Gasteiger partial charge in [0, 0.05) is 44.5 Å². The average molecular weight is 356 g/mol. The second-order valence-corrected chi connectivity index (χ2v) is 7.08. The molecule has 8 nitrogen and oxygen atoms in total. The molecule has 0 unspecified atom stereocenters. The first-order chi connectivity index (χ1) is 12.7. The molecule has 138 valence electrons. The SMILES string of the molecule is NCCCN1C(=O)CC[C@H]2CN(C(=O)c3cnn4cccnc34)CC[C@H]21. The zero-order valence-electron chi connectivity index (χ0n) is 14.8.